The molecule has 0 aliphatic carbocycles. The predicted molar refractivity (Wildman–Crippen MR) is 99.1 cm³/mol. The maximum Gasteiger partial charge on any atom is 0.303 e. The first-order chi connectivity index (χ1) is 13.0. The van der Waals surface area contributed by atoms with Crippen LogP contribution in [-0.4, -0.2) is 29.4 Å². The Morgan fingerprint density at radius 2 is 1.78 bits per heavy atom. The molecule has 0 aliphatic rings. The van der Waals surface area contributed by atoms with Crippen molar-refractivity contribution in [3.8, 4) is 5.75 Å². The zero-order valence-electron chi connectivity index (χ0n) is 14.4. The van der Waals surface area contributed by atoms with Gasteiger partial charge in [-0.25, -0.2) is 5.53 Å². The van der Waals surface area contributed by atoms with E-state index in [4.69, 9.17) is 21.2 Å². The maximum absolute atomic E-state index is 12.3. The number of carboxylic acid groups (broad SMARTS) is 1. The summed E-state index contributed by atoms with van der Waals surface area (Å²) in [5.41, 5.74) is 8.77. The fourth-order valence-corrected chi connectivity index (χ4v) is 2.16. The van der Waals surface area contributed by atoms with Crippen molar-refractivity contribution in [1.82, 2.24) is 0 Å². The summed E-state index contributed by atoms with van der Waals surface area (Å²) < 4.78 is 5.36. The molecule has 0 bridgehead atoms. The molecule has 0 heterocycles. The van der Waals surface area contributed by atoms with Crippen molar-refractivity contribution in [3.63, 3.8) is 0 Å². The quantitative estimate of drug-likeness (QED) is 0.185. The zero-order valence-corrected chi connectivity index (χ0v) is 14.4. The predicted octanol–water partition coefficient (Wildman–Crippen LogP) is 2.64. The van der Waals surface area contributed by atoms with Crippen molar-refractivity contribution >= 4 is 23.4 Å². The average Bonchev–Trinajstić information content (AvgIpc) is 2.68. The van der Waals surface area contributed by atoms with E-state index >= 15 is 0 Å². The number of aliphatic carboxylic acids is 1. The lowest BCUT2D eigenvalue weighted by Crippen LogP contribution is -2.12. The van der Waals surface area contributed by atoms with Gasteiger partial charge in [0.25, 0.3) is 5.91 Å². The highest BCUT2D eigenvalue weighted by Crippen LogP contribution is 2.15. The van der Waals surface area contributed by atoms with Crippen LogP contribution in [0.2, 0.25) is 0 Å². The van der Waals surface area contributed by atoms with Crippen LogP contribution in [0, 0.1) is 5.53 Å². The Hall–Kier alpha value is -3.75. The number of amidine groups is 1. The van der Waals surface area contributed by atoms with Gasteiger partial charge in [0.05, 0.1) is 0 Å². The van der Waals surface area contributed by atoms with Crippen molar-refractivity contribution < 1.29 is 19.4 Å². The van der Waals surface area contributed by atoms with E-state index in [9.17, 15) is 9.59 Å². The molecule has 0 spiro atoms. The molecule has 2 aromatic rings. The molecular weight excluding hydrogens is 350 g/mol. The highest BCUT2D eigenvalue weighted by atomic mass is 16.5. The Morgan fingerprint density at radius 3 is 2.33 bits per heavy atom. The first kappa shape index (κ1) is 19.6. The van der Waals surface area contributed by atoms with Crippen LogP contribution in [0.15, 0.2) is 58.7 Å². The number of nitrogens with one attached hydrogen (secondary N) is 2. The first-order valence-corrected chi connectivity index (χ1v) is 8.01. The Balaban J connectivity index is 1.91. The molecule has 5 N–H and O–H groups in total. The van der Waals surface area contributed by atoms with E-state index in [0.717, 1.165) is 5.56 Å². The van der Waals surface area contributed by atoms with Gasteiger partial charge < -0.3 is 21.0 Å². The fraction of sp³-hybridized carbons (Fsp3) is 0.167. The molecule has 0 atom stereocenters. The molecule has 0 saturated carbocycles. The number of hydrogen-bond donors (Lipinski definition) is 4. The molecule has 0 unspecified atom stereocenters. The number of carbonyl (C=O) groups excluding carboxylic acids is 1. The summed E-state index contributed by atoms with van der Waals surface area (Å²) in [4.78, 5) is 22.9. The van der Waals surface area contributed by atoms with Crippen molar-refractivity contribution in [3.05, 3.63) is 59.7 Å². The lowest BCUT2D eigenvalue weighted by Gasteiger charge is -2.08. The molecule has 140 valence electrons. The minimum atomic E-state index is -0.847. The number of nitrogens with zero attached hydrogens (tertiary/aromatic N) is 2. The number of nitrogens with two attached hydrogens (primary N) is 1. The number of carboxylic acids is 1. The van der Waals surface area contributed by atoms with Gasteiger partial charge >= 0.3 is 5.97 Å². The van der Waals surface area contributed by atoms with Gasteiger partial charge in [-0.2, -0.15) is 5.10 Å². The summed E-state index contributed by atoms with van der Waals surface area (Å²) in [5.74, 6) is 4.44. The van der Waals surface area contributed by atoms with Crippen LogP contribution in [0.5, 0.6) is 5.75 Å². The van der Waals surface area contributed by atoms with Crippen LogP contribution in [0.1, 0.15) is 22.3 Å². The van der Waals surface area contributed by atoms with Gasteiger partial charge in [-0.1, -0.05) is 12.1 Å². The molecule has 27 heavy (non-hydrogen) atoms. The Kier molecular flexibility index (Phi) is 7.00. The number of rotatable bonds is 8. The molecule has 0 fully saturated rings. The molecule has 0 radical (unpaired) electrons. The third-order valence-electron chi connectivity index (χ3n) is 3.60. The largest absolute Gasteiger partial charge is 0.485 e. The number of hydrazone groups is 1. The smallest absolute Gasteiger partial charge is 0.303 e. The number of hydrogen-bond acceptors (Lipinski definition) is 6. The third kappa shape index (κ3) is 6.24. The van der Waals surface area contributed by atoms with E-state index in [0.29, 0.717) is 23.4 Å². The second-order valence-electron chi connectivity index (χ2n) is 5.51. The van der Waals surface area contributed by atoms with E-state index in [1.165, 1.54) is 0 Å². The summed E-state index contributed by atoms with van der Waals surface area (Å²) in [6, 6.07) is 13.4. The molecule has 1 amide bonds. The Labute approximate surface area is 155 Å². The molecule has 9 nitrogen and oxygen atoms in total. The Bertz CT molecular complexity index is 832. The van der Waals surface area contributed by atoms with Gasteiger partial charge in [0.2, 0.25) is 5.84 Å². The van der Waals surface area contributed by atoms with Gasteiger partial charge in [-0.05, 0) is 48.4 Å². The standard InChI is InChI=1S/C18H19N5O4/c19-22-16(23-20)11-27-15-8-4-13(5-9-15)18(26)21-14-6-1-12(2-7-14)3-10-17(24)25/h1-2,4-9,19H,3,10-11,20H2,(H,21,26)(H,24,25)/b22-19?,23-16-. The molecule has 9 heteroatoms. The molecule has 2 aromatic carbocycles. The van der Waals surface area contributed by atoms with Gasteiger partial charge in [0.15, 0.2) is 6.61 Å². The van der Waals surface area contributed by atoms with Crippen LogP contribution in [0.25, 0.3) is 0 Å². The van der Waals surface area contributed by atoms with Gasteiger partial charge in [-0.3, -0.25) is 9.59 Å². The number of benzene rings is 2. The summed E-state index contributed by atoms with van der Waals surface area (Å²) in [6.07, 6.45) is 0.504. The second-order valence-corrected chi connectivity index (χ2v) is 5.51. The van der Waals surface area contributed by atoms with Crippen LogP contribution >= 0.6 is 0 Å². The van der Waals surface area contributed by atoms with Crippen molar-refractivity contribution in [2.75, 3.05) is 11.9 Å². The number of ether oxygens (including phenoxy) is 1. The van der Waals surface area contributed by atoms with Crippen molar-refractivity contribution in [2.45, 2.75) is 12.8 Å². The minimum absolute atomic E-state index is 0.0419. The average molecular weight is 369 g/mol. The van der Waals surface area contributed by atoms with Crippen LogP contribution in [0.3, 0.4) is 0 Å². The van der Waals surface area contributed by atoms with E-state index in [2.05, 4.69) is 15.5 Å². The number of amides is 1. The summed E-state index contributed by atoms with van der Waals surface area (Å²) in [5, 5.41) is 17.8. The highest BCUT2D eigenvalue weighted by molar-refractivity contribution is 6.04. The van der Waals surface area contributed by atoms with Crippen LogP contribution in [0.4, 0.5) is 5.69 Å². The molecular formula is C18H19N5O4. The van der Waals surface area contributed by atoms with Gasteiger partial charge in [0.1, 0.15) is 5.75 Å². The lowest BCUT2D eigenvalue weighted by atomic mass is 10.1. The summed E-state index contributed by atoms with van der Waals surface area (Å²) in [7, 11) is 0. The molecule has 0 aromatic heterocycles. The number of aryl methyl sites for hydroxylation is 1. The normalized spacial score (nSPS) is 10.9. The van der Waals surface area contributed by atoms with Crippen molar-refractivity contribution in [1.29, 1.82) is 5.53 Å². The maximum atomic E-state index is 12.3. The lowest BCUT2D eigenvalue weighted by molar-refractivity contribution is -0.136. The van der Waals surface area contributed by atoms with Gasteiger partial charge in [-0.15, -0.1) is 5.11 Å². The summed E-state index contributed by atoms with van der Waals surface area (Å²) >= 11 is 0. The number of carbonyl (C=O) groups is 2. The van der Waals surface area contributed by atoms with E-state index < -0.39 is 5.97 Å². The zero-order chi connectivity index (χ0) is 19.6. The van der Waals surface area contributed by atoms with E-state index in [-0.39, 0.29) is 24.8 Å². The molecule has 2 rings (SSSR count). The number of anilines is 1. The fourth-order valence-electron chi connectivity index (χ4n) is 2.16. The van der Waals surface area contributed by atoms with Crippen LogP contribution < -0.4 is 15.9 Å². The topological polar surface area (TPSA) is 150 Å². The van der Waals surface area contributed by atoms with Crippen molar-refractivity contribution in [2.24, 2.45) is 16.1 Å². The Morgan fingerprint density at radius 1 is 1.11 bits per heavy atom. The summed E-state index contributed by atoms with van der Waals surface area (Å²) in [6.45, 7) is -0.0419. The van der Waals surface area contributed by atoms with Gasteiger partial charge in [0, 0.05) is 17.7 Å². The van der Waals surface area contributed by atoms with E-state index in [1.807, 2.05) is 0 Å². The first-order valence-electron chi connectivity index (χ1n) is 8.01. The molecule has 0 aliphatic heterocycles. The molecule has 0 saturated heterocycles. The second kappa shape index (κ2) is 9.66. The third-order valence-corrected chi connectivity index (χ3v) is 3.60. The minimum Gasteiger partial charge on any atom is -0.485 e. The SMILES string of the molecule is N=N/C(COc1ccc(C(=O)Nc2ccc(CCC(=O)O)cc2)cc1)=N\N. The monoisotopic (exact) mass is 369 g/mol. The van der Waals surface area contributed by atoms with Crippen LogP contribution in [-0.2, 0) is 11.2 Å². The highest BCUT2D eigenvalue weighted by Gasteiger charge is 2.07. The van der Waals surface area contributed by atoms with E-state index in [1.54, 1.807) is 48.5 Å².